The summed E-state index contributed by atoms with van der Waals surface area (Å²) in [6.07, 6.45) is 9.00. The largest absolute Gasteiger partial charge is 0.351 e. The predicted molar refractivity (Wildman–Crippen MR) is 89.0 cm³/mol. The number of rotatable bonds is 6. The lowest BCUT2D eigenvalue weighted by Gasteiger charge is -2.56. The van der Waals surface area contributed by atoms with Crippen LogP contribution in [0.15, 0.2) is 10.6 Å². The summed E-state index contributed by atoms with van der Waals surface area (Å²) in [6.45, 7) is 1.93. The molecule has 136 valence electrons. The highest BCUT2D eigenvalue weighted by Gasteiger charge is 2.51. The van der Waals surface area contributed by atoms with Crippen molar-refractivity contribution in [3.05, 3.63) is 17.5 Å². The quantitative estimate of drug-likeness (QED) is 0.608. The molecule has 4 saturated carbocycles. The van der Waals surface area contributed by atoms with Crippen LogP contribution in [0.3, 0.4) is 0 Å². The molecule has 0 radical (unpaired) electrons. The van der Waals surface area contributed by atoms with Gasteiger partial charge < -0.3 is 4.52 Å². The maximum absolute atomic E-state index is 12.7. The highest BCUT2D eigenvalue weighted by Crippen LogP contribution is 2.61. The molecule has 4 aliphatic carbocycles. The van der Waals surface area contributed by atoms with Crippen molar-refractivity contribution in [2.45, 2.75) is 64.2 Å². The number of ketones is 1. The summed E-state index contributed by atoms with van der Waals surface area (Å²) in [5, 5.41) is 12.5. The molecule has 1 amide bonds. The van der Waals surface area contributed by atoms with Gasteiger partial charge in [-0.05, 0) is 61.7 Å². The summed E-state index contributed by atoms with van der Waals surface area (Å²) in [5.74, 6) is 1.99. The van der Waals surface area contributed by atoms with Gasteiger partial charge in [0.2, 0.25) is 5.76 Å². The molecule has 0 saturated heterocycles. The molecule has 1 atom stereocenters. The van der Waals surface area contributed by atoms with Gasteiger partial charge >= 0.3 is 5.91 Å². The topological polar surface area (TPSA) is 92.4 Å². The van der Waals surface area contributed by atoms with Crippen LogP contribution in [0.1, 0.15) is 80.5 Å². The van der Waals surface area contributed by atoms with Gasteiger partial charge in [-0.3, -0.25) is 14.8 Å². The molecule has 1 heterocycles. The van der Waals surface area contributed by atoms with E-state index in [1.54, 1.807) is 0 Å². The molecule has 1 aromatic rings. The number of carbonyl (C=O) groups excluding carboxylic acids is 2. The van der Waals surface area contributed by atoms with Crippen LogP contribution >= 0.6 is 0 Å². The molecule has 4 aliphatic rings. The zero-order chi connectivity index (χ0) is 17.6. The first-order chi connectivity index (χ1) is 12.0. The van der Waals surface area contributed by atoms with Crippen molar-refractivity contribution in [3.63, 3.8) is 0 Å². The van der Waals surface area contributed by atoms with E-state index in [0.29, 0.717) is 24.3 Å². The Bertz CT molecular complexity index is 645. The Morgan fingerprint density at radius 2 is 1.88 bits per heavy atom. The molecule has 5 rings (SSSR count). The number of Topliss-reactive ketones (excluding diaryl/α,β-unsaturated/α-hetero) is 1. The van der Waals surface area contributed by atoms with Crippen molar-refractivity contribution >= 4 is 11.7 Å². The van der Waals surface area contributed by atoms with Crippen LogP contribution in [0.25, 0.3) is 0 Å². The van der Waals surface area contributed by atoms with Crippen LogP contribution in [0.4, 0.5) is 0 Å². The number of amides is 1. The van der Waals surface area contributed by atoms with Crippen molar-refractivity contribution in [1.29, 1.82) is 0 Å². The van der Waals surface area contributed by atoms with Gasteiger partial charge in [-0.1, -0.05) is 12.1 Å². The van der Waals surface area contributed by atoms with E-state index in [4.69, 9.17) is 9.73 Å². The molecule has 0 spiro atoms. The second-order valence-electron chi connectivity index (χ2n) is 8.80. The van der Waals surface area contributed by atoms with Gasteiger partial charge in [0.05, 0.1) is 5.69 Å². The second-order valence-corrected chi connectivity index (χ2v) is 8.80. The lowest BCUT2D eigenvalue weighted by Crippen LogP contribution is -2.46. The van der Waals surface area contributed by atoms with Crippen molar-refractivity contribution in [1.82, 2.24) is 10.6 Å². The fourth-order valence-corrected chi connectivity index (χ4v) is 6.13. The lowest BCUT2D eigenvalue weighted by molar-refractivity contribution is -0.127. The first kappa shape index (κ1) is 16.8. The van der Waals surface area contributed by atoms with Gasteiger partial charge in [-0.2, -0.15) is 0 Å². The Labute approximate surface area is 147 Å². The molecule has 0 aliphatic heterocycles. The summed E-state index contributed by atoms with van der Waals surface area (Å²) in [7, 11) is 0. The molecule has 0 aromatic carbocycles. The van der Waals surface area contributed by atoms with E-state index in [0.717, 1.165) is 17.8 Å². The van der Waals surface area contributed by atoms with E-state index in [9.17, 15) is 9.59 Å². The Hall–Kier alpha value is -1.69. The highest BCUT2D eigenvalue weighted by molar-refractivity contribution is 5.90. The van der Waals surface area contributed by atoms with Crippen molar-refractivity contribution in [3.8, 4) is 0 Å². The average Bonchev–Trinajstić information content (AvgIpc) is 3.02. The maximum Gasteiger partial charge on any atom is 0.313 e. The Balaban J connectivity index is 1.37. The zero-order valence-electron chi connectivity index (χ0n) is 14.7. The highest BCUT2D eigenvalue weighted by atomic mass is 16.5. The minimum absolute atomic E-state index is 0.0436. The van der Waals surface area contributed by atoms with Crippen LogP contribution in [0.5, 0.6) is 0 Å². The molecule has 1 aromatic heterocycles. The molecular weight excluding hydrogens is 320 g/mol. The lowest BCUT2D eigenvalue weighted by atomic mass is 9.48. The predicted octanol–water partition coefficient (Wildman–Crippen LogP) is 3.46. The molecule has 4 fully saturated rings. The van der Waals surface area contributed by atoms with E-state index in [2.05, 4.69) is 5.16 Å². The third-order valence-corrected chi connectivity index (χ3v) is 6.63. The van der Waals surface area contributed by atoms with E-state index < -0.39 is 5.91 Å². The first-order valence-electron chi connectivity index (χ1n) is 9.39. The Kier molecular flexibility index (Phi) is 4.18. The van der Waals surface area contributed by atoms with E-state index in [-0.39, 0.29) is 17.1 Å². The molecule has 6 heteroatoms. The number of hydrogen-bond donors (Lipinski definition) is 2. The summed E-state index contributed by atoms with van der Waals surface area (Å²) < 4.78 is 4.92. The van der Waals surface area contributed by atoms with Gasteiger partial charge in [0.1, 0.15) is 5.78 Å². The summed E-state index contributed by atoms with van der Waals surface area (Å²) in [4.78, 5) is 24.1. The fourth-order valence-electron chi connectivity index (χ4n) is 6.13. The molecule has 6 nitrogen and oxygen atoms in total. The molecule has 2 N–H and O–H groups in total. The maximum atomic E-state index is 12.7. The van der Waals surface area contributed by atoms with Gasteiger partial charge in [-0.15, -0.1) is 0 Å². The van der Waals surface area contributed by atoms with Crippen molar-refractivity contribution in [2.75, 3.05) is 0 Å². The smallest absolute Gasteiger partial charge is 0.313 e. The minimum atomic E-state index is -0.731. The van der Waals surface area contributed by atoms with Crippen LogP contribution < -0.4 is 5.48 Å². The number of hydroxylamine groups is 1. The van der Waals surface area contributed by atoms with Crippen LogP contribution in [-0.2, 0) is 4.79 Å². The molecule has 25 heavy (non-hydrogen) atoms. The average molecular weight is 346 g/mol. The van der Waals surface area contributed by atoms with Gasteiger partial charge in [0, 0.05) is 24.8 Å². The molecule has 4 bridgehead atoms. The fraction of sp³-hybridized carbons (Fsp3) is 0.737. The minimum Gasteiger partial charge on any atom is -0.351 e. The molecule has 0 unspecified atom stereocenters. The third kappa shape index (κ3) is 3.24. The first-order valence-corrected chi connectivity index (χ1v) is 9.39. The van der Waals surface area contributed by atoms with Crippen molar-refractivity contribution in [2.24, 2.45) is 23.2 Å². The van der Waals surface area contributed by atoms with E-state index in [1.165, 1.54) is 50.1 Å². The number of carbonyl (C=O) groups is 2. The standard InChI is InChI=1S/C19H26N2O4/c1-11(16-6-17(25-21-16)18(23)20-24)2-15(22)10-19-7-12-3-13(8-19)5-14(4-12)9-19/h6,11-14,24H,2-5,7-10H2,1H3,(H,20,23)/t11-,12?,13?,14?,19?/m0/s1. The van der Waals surface area contributed by atoms with Crippen molar-refractivity contribution < 1.29 is 19.3 Å². The monoisotopic (exact) mass is 346 g/mol. The zero-order valence-corrected chi connectivity index (χ0v) is 14.7. The van der Waals surface area contributed by atoms with Crippen LogP contribution in [0.2, 0.25) is 0 Å². The van der Waals surface area contributed by atoms with Crippen LogP contribution in [0, 0.1) is 23.2 Å². The Morgan fingerprint density at radius 1 is 1.28 bits per heavy atom. The van der Waals surface area contributed by atoms with Gasteiger partial charge in [0.15, 0.2) is 0 Å². The number of nitrogens with zero attached hydrogens (tertiary/aromatic N) is 1. The Morgan fingerprint density at radius 3 is 2.44 bits per heavy atom. The molecular formula is C19H26N2O4. The SMILES string of the molecule is C[C@@H](CC(=O)CC12CC3CC(CC(C3)C1)C2)c1cc(C(=O)NO)on1. The van der Waals surface area contributed by atoms with Gasteiger partial charge in [0.25, 0.3) is 0 Å². The van der Waals surface area contributed by atoms with E-state index >= 15 is 0 Å². The number of hydrogen-bond acceptors (Lipinski definition) is 5. The normalized spacial score (nSPS) is 34.1. The third-order valence-electron chi connectivity index (χ3n) is 6.63. The number of aromatic nitrogens is 1. The van der Waals surface area contributed by atoms with E-state index in [1.807, 2.05) is 6.92 Å². The second kappa shape index (κ2) is 6.24. The summed E-state index contributed by atoms with van der Waals surface area (Å²) >= 11 is 0. The number of nitrogens with one attached hydrogen (secondary N) is 1. The van der Waals surface area contributed by atoms with Crippen LogP contribution in [-0.4, -0.2) is 22.1 Å². The summed E-state index contributed by atoms with van der Waals surface area (Å²) in [5.41, 5.74) is 2.36. The summed E-state index contributed by atoms with van der Waals surface area (Å²) in [6, 6.07) is 1.49. The van der Waals surface area contributed by atoms with Gasteiger partial charge in [-0.25, -0.2) is 5.48 Å².